The van der Waals surface area contributed by atoms with E-state index >= 15 is 0 Å². The van der Waals surface area contributed by atoms with Crippen molar-refractivity contribution < 1.29 is 4.39 Å². The minimum absolute atomic E-state index is 0.0241. The third kappa shape index (κ3) is 1.44. The van der Waals surface area contributed by atoms with E-state index in [0.717, 1.165) is 0 Å². The summed E-state index contributed by atoms with van der Waals surface area (Å²) in [5, 5.41) is 0.362. The van der Waals surface area contributed by atoms with Crippen LogP contribution in [-0.2, 0) is 0 Å². The Kier molecular flexibility index (Phi) is 2.10. The van der Waals surface area contributed by atoms with Gasteiger partial charge in [0.15, 0.2) is 5.82 Å². The van der Waals surface area contributed by atoms with Crippen molar-refractivity contribution in [3.05, 3.63) is 28.2 Å². The standard InChI is InChI=1S/C10H12FN3O/c1-5(2)14-4-7-8(11)6(3)12-9(7)13-10(14)15/h4-5H,1-3H3,(H,12,13,15). The number of H-pyrrole nitrogens is 1. The fourth-order valence-corrected chi connectivity index (χ4v) is 1.53. The van der Waals surface area contributed by atoms with Gasteiger partial charge in [-0.3, -0.25) is 4.57 Å². The van der Waals surface area contributed by atoms with Gasteiger partial charge in [0.1, 0.15) is 5.65 Å². The van der Waals surface area contributed by atoms with Crippen LogP contribution in [0.25, 0.3) is 11.0 Å². The Morgan fingerprint density at radius 3 is 2.80 bits per heavy atom. The summed E-state index contributed by atoms with van der Waals surface area (Å²) in [4.78, 5) is 18.0. The Balaban J connectivity index is 2.83. The van der Waals surface area contributed by atoms with Gasteiger partial charge in [-0.15, -0.1) is 0 Å². The van der Waals surface area contributed by atoms with Crippen LogP contribution < -0.4 is 5.69 Å². The summed E-state index contributed by atoms with van der Waals surface area (Å²) in [6.07, 6.45) is 1.51. The van der Waals surface area contributed by atoms with Crippen LogP contribution in [0.4, 0.5) is 4.39 Å². The highest BCUT2D eigenvalue weighted by Gasteiger charge is 2.12. The molecule has 2 aromatic heterocycles. The topological polar surface area (TPSA) is 50.7 Å². The van der Waals surface area contributed by atoms with Crippen LogP contribution in [0.1, 0.15) is 25.6 Å². The molecule has 0 unspecified atom stereocenters. The summed E-state index contributed by atoms with van der Waals surface area (Å²) in [7, 11) is 0. The molecule has 0 saturated heterocycles. The van der Waals surface area contributed by atoms with E-state index < -0.39 is 0 Å². The normalized spacial score (nSPS) is 11.5. The molecule has 0 aliphatic rings. The van der Waals surface area contributed by atoms with Crippen molar-refractivity contribution in [3.8, 4) is 0 Å². The summed E-state index contributed by atoms with van der Waals surface area (Å²) in [6.45, 7) is 5.32. The maximum absolute atomic E-state index is 13.5. The van der Waals surface area contributed by atoms with Crippen LogP contribution in [0.3, 0.4) is 0 Å². The first kappa shape index (κ1) is 9.89. The molecule has 2 heterocycles. The highest BCUT2D eigenvalue weighted by Crippen LogP contribution is 2.17. The van der Waals surface area contributed by atoms with Crippen molar-refractivity contribution >= 4 is 11.0 Å². The van der Waals surface area contributed by atoms with Gasteiger partial charge in [-0.25, -0.2) is 9.18 Å². The third-order valence-electron chi connectivity index (χ3n) is 2.38. The molecule has 15 heavy (non-hydrogen) atoms. The number of aromatic nitrogens is 3. The predicted molar refractivity (Wildman–Crippen MR) is 55.4 cm³/mol. The first-order valence-electron chi connectivity index (χ1n) is 4.77. The van der Waals surface area contributed by atoms with E-state index in [9.17, 15) is 9.18 Å². The Labute approximate surface area is 85.8 Å². The Hall–Kier alpha value is -1.65. The minimum Gasteiger partial charge on any atom is -0.341 e. The molecule has 5 heteroatoms. The molecular formula is C10H12FN3O. The van der Waals surface area contributed by atoms with Crippen molar-refractivity contribution in [3.63, 3.8) is 0 Å². The monoisotopic (exact) mass is 209 g/mol. The molecule has 0 fully saturated rings. The molecule has 0 atom stereocenters. The molecule has 0 aromatic carbocycles. The van der Waals surface area contributed by atoms with Crippen molar-refractivity contribution in [1.82, 2.24) is 14.5 Å². The van der Waals surface area contributed by atoms with Crippen molar-refractivity contribution in [2.24, 2.45) is 0 Å². The molecule has 0 bridgehead atoms. The van der Waals surface area contributed by atoms with Crippen molar-refractivity contribution in [2.75, 3.05) is 0 Å². The molecule has 0 spiro atoms. The average molecular weight is 209 g/mol. The van der Waals surface area contributed by atoms with Gasteiger partial charge >= 0.3 is 5.69 Å². The lowest BCUT2D eigenvalue weighted by Gasteiger charge is -2.07. The summed E-state index contributed by atoms with van der Waals surface area (Å²) >= 11 is 0. The molecule has 0 radical (unpaired) electrons. The molecule has 0 amide bonds. The van der Waals surface area contributed by atoms with Gasteiger partial charge in [0.05, 0.1) is 11.1 Å². The van der Waals surface area contributed by atoms with E-state index in [1.54, 1.807) is 6.92 Å². The molecule has 2 aromatic rings. The van der Waals surface area contributed by atoms with E-state index in [1.165, 1.54) is 10.8 Å². The zero-order chi connectivity index (χ0) is 11.2. The molecule has 2 rings (SSSR count). The Morgan fingerprint density at radius 2 is 2.20 bits per heavy atom. The second-order valence-electron chi connectivity index (χ2n) is 3.85. The molecule has 4 nitrogen and oxygen atoms in total. The van der Waals surface area contributed by atoms with Gasteiger partial charge in [0, 0.05) is 12.2 Å². The largest absolute Gasteiger partial charge is 0.349 e. The zero-order valence-electron chi connectivity index (χ0n) is 8.84. The first-order valence-corrected chi connectivity index (χ1v) is 4.77. The van der Waals surface area contributed by atoms with E-state index in [2.05, 4.69) is 9.97 Å². The highest BCUT2D eigenvalue weighted by atomic mass is 19.1. The summed E-state index contributed by atoms with van der Waals surface area (Å²) in [6, 6.07) is -0.0241. The van der Waals surface area contributed by atoms with Crippen LogP contribution in [0.15, 0.2) is 11.0 Å². The number of hydrogen-bond acceptors (Lipinski definition) is 2. The number of nitrogens with zero attached hydrogens (tertiary/aromatic N) is 2. The number of hydrogen-bond donors (Lipinski definition) is 1. The maximum atomic E-state index is 13.5. The van der Waals surface area contributed by atoms with Crippen molar-refractivity contribution in [1.29, 1.82) is 0 Å². The van der Waals surface area contributed by atoms with Gasteiger partial charge in [-0.1, -0.05) is 0 Å². The van der Waals surface area contributed by atoms with E-state index in [4.69, 9.17) is 0 Å². The van der Waals surface area contributed by atoms with E-state index in [0.29, 0.717) is 16.7 Å². The van der Waals surface area contributed by atoms with Gasteiger partial charge in [-0.2, -0.15) is 4.98 Å². The molecule has 0 aliphatic carbocycles. The molecule has 1 N–H and O–H groups in total. The maximum Gasteiger partial charge on any atom is 0.349 e. The van der Waals surface area contributed by atoms with Gasteiger partial charge in [0.2, 0.25) is 0 Å². The van der Waals surface area contributed by atoms with Gasteiger partial charge in [0.25, 0.3) is 0 Å². The predicted octanol–water partition coefficient (Wildman–Crippen LogP) is 1.75. The second-order valence-corrected chi connectivity index (χ2v) is 3.85. The summed E-state index contributed by atoms with van der Waals surface area (Å²) < 4.78 is 15.0. The lowest BCUT2D eigenvalue weighted by atomic mass is 10.3. The van der Waals surface area contributed by atoms with Crippen LogP contribution in [-0.4, -0.2) is 14.5 Å². The van der Waals surface area contributed by atoms with E-state index in [-0.39, 0.29) is 17.5 Å². The highest BCUT2D eigenvalue weighted by molar-refractivity contribution is 5.76. The summed E-state index contributed by atoms with van der Waals surface area (Å²) in [5.74, 6) is -0.341. The lowest BCUT2D eigenvalue weighted by Crippen LogP contribution is -2.23. The molecular weight excluding hydrogens is 197 g/mol. The van der Waals surface area contributed by atoms with Crippen LogP contribution in [0.2, 0.25) is 0 Å². The number of aryl methyl sites for hydroxylation is 1. The van der Waals surface area contributed by atoms with Crippen LogP contribution >= 0.6 is 0 Å². The first-order chi connectivity index (χ1) is 7.00. The SMILES string of the molecule is Cc1[nH]c2nc(=O)n(C(C)C)cc2c1F. The van der Waals surface area contributed by atoms with Crippen LogP contribution in [0, 0.1) is 12.7 Å². The second kappa shape index (κ2) is 3.18. The summed E-state index contributed by atoms with van der Waals surface area (Å²) in [5.41, 5.74) is 0.351. The lowest BCUT2D eigenvalue weighted by molar-refractivity contribution is 0.566. The van der Waals surface area contributed by atoms with Crippen molar-refractivity contribution in [2.45, 2.75) is 26.8 Å². The fraction of sp³-hybridized carbons (Fsp3) is 0.400. The molecule has 0 saturated carbocycles. The number of nitrogens with one attached hydrogen (secondary N) is 1. The third-order valence-corrected chi connectivity index (χ3v) is 2.38. The van der Waals surface area contributed by atoms with Gasteiger partial charge < -0.3 is 4.98 Å². The van der Waals surface area contributed by atoms with Gasteiger partial charge in [-0.05, 0) is 20.8 Å². The smallest absolute Gasteiger partial charge is 0.341 e. The number of halogens is 1. The number of aromatic amines is 1. The fourth-order valence-electron chi connectivity index (χ4n) is 1.53. The molecule has 0 aliphatic heterocycles. The van der Waals surface area contributed by atoms with E-state index in [1.807, 2.05) is 13.8 Å². The van der Waals surface area contributed by atoms with Crippen LogP contribution in [0.5, 0.6) is 0 Å². The zero-order valence-corrected chi connectivity index (χ0v) is 8.84. The Morgan fingerprint density at radius 1 is 1.53 bits per heavy atom. The number of fused-ring (bicyclic) bond motifs is 1. The minimum atomic E-state index is -0.362. The average Bonchev–Trinajstić information content (AvgIpc) is 2.41. The quantitative estimate of drug-likeness (QED) is 0.777. The Bertz CT molecular complexity index is 568. The number of rotatable bonds is 1. The molecule has 80 valence electrons.